The van der Waals surface area contributed by atoms with Gasteiger partial charge in [0.15, 0.2) is 0 Å². The largest absolute Gasteiger partial charge is 0.481 e. The Kier molecular flexibility index (Phi) is 3.82. The van der Waals surface area contributed by atoms with Crippen LogP contribution in [0.15, 0.2) is 24.3 Å². The molecule has 0 unspecified atom stereocenters. The number of likely N-dealkylation sites (tertiary alicyclic amines) is 1. The average molecular weight is 356 g/mol. The number of carbonyl (C=O) groups excluding carboxylic acids is 3. The van der Waals surface area contributed by atoms with E-state index in [2.05, 4.69) is 0 Å². The molecule has 0 bridgehead atoms. The molecule has 7 nitrogen and oxygen atoms in total. The summed E-state index contributed by atoms with van der Waals surface area (Å²) in [5.41, 5.74) is -0.0819. The van der Waals surface area contributed by atoms with E-state index in [1.807, 2.05) is 0 Å². The van der Waals surface area contributed by atoms with Crippen LogP contribution in [0.4, 0.5) is 0 Å². The van der Waals surface area contributed by atoms with Crippen LogP contribution in [0.3, 0.4) is 0 Å². The van der Waals surface area contributed by atoms with E-state index in [9.17, 15) is 24.3 Å². The number of hydrogen-bond donors (Lipinski definition) is 1. The first-order valence-electron chi connectivity index (χ1n) is 8.90. The van der Waals surface area contributed by atoms with Crippen LogP contribution in [0.1, 0.15) is 46.4 Å². The number of imide groups is 1. The van der Waals surface area contributed by atoms with E-state index >= 15 is 0 Å². The number of amides is 3. The molecule has 2 aliphatic heterocycles. The smallest absolute Gasteiger partial charge is 0.311 e. The van der Waals surface area contributed by atoms with Gasteiger partial charge in [-0.2, -0.15) is 0 Å². The van der Waals surface area contributed by atoms with Crippen molar-refractivity contribution in [3.8, 4) is 0 Å². The van der Waals surface area contributed by atoms with Gasteiger partial charge in [-0.1, -0.05) is 18.6 Å². The lowest BCUT2D eigenvalue weighted by molar-refractivity contribution is -0.149. The summed E-state index contributed by atoms with van der Waals surface area (Å²) < 4.78 is 0. The zero-order valence-corrected chi connectivity index (χ0v) is 14.3. The minimum absolute atomic E-state index is 0.00301. The van der Waals surface area contributed by atoms with Gasteiger partial charge in [0, 0.05) is 26.1 Å². The second-order valence-electron chi connectivity index (χ2n) is 7.38. The van der Waals surface area contributed by atoms with E-state index in [1.54, 1.807) is 29.2 Å². The number of nitrogens with zero attached hydrogens (tertiary/aromatic N) is 2. The summed E-state index contributed by atoms with van der Waals surface area (Å²) in [5.74, 6) is -1.77. The third kappa shape index (κ3) is 2.34. The van der Waals surface area contributed by atoms with Gasteiger partial charge in [0.2, 0.25) is 5.91 Å². The quantitative estimate of drug-likeness (QED) is 0.823. The highest BCUT2D eigenvalue weighted by Gasteiger charge is 2.55. The van der Waals surface area contributed by atoms with Crippen LogP contribution in [0, 0.1) is 11.3 Å². The molecule has 2 heterocycles. The van der Waals surface area contributed by atoms with Crippen LogP contribution in [0.5, 0.6) is 0 Å². The van der Waals surface area contributed by atoms with Crippen molar-refractivity contribution in [1.82, 2.24) is 9.80 Å². The second-order valence-corrected chi connectivity index (χ2v) is 7.38. The monoisotopic (exact) mass is 356 g/mol. The molecule has 1 saturated heterocycles. The summed E-state index contributed by atoms with van der Waals surface area (Å²) in [6.45, 7) is 0.702. The molecule has 2 fully saturated rings. The predicted octanol–water partition coefficient (Wildman–Crippen LogP) is 1.39. The first-order valence-corrected chi connectivity index (χ1v) is 8.90. The lowest BCUT2D eigenvalue weighted by Crippen LogP contribution is -2.39. The molecule has 1 saturated carbocycles. The van der Waals surface area contributed by atoms with E-state index in [0.717, 1.165) is 17.7 Å². The highest BCUT2D eigenvalue weighted by Crippen LogP contribution is 2.49. The van der Waals surface area contributed by atoms with Crippen molar-refractivity contribution in [2.24, 2.45) is 11.3 Å². The first kappa shape index (κ1) is 16.8. The standard InChI is InChI=1S/C19H20N2O5/c22-15(20-10-12-4-3-8-19(12,11-20)18(25)26)7-9-21-16(23)13-5-1-2-6-14(13)17(21)24/h1-2,5-6,12H,3-4,7-11H2,(H,25,26)/t12-,19+/m0/s1. The zero-order valence-electron chi connectivity index (χ0n) is 14.3. The van der Waals surface area contributed by atoms with Crippen molar-refractivity contribution in [3.05, 3.63) is 35.4 Å². The normalized spacial score (nSPS) is 27.0. The number of aliphatic carboxylic acids is 1. The van der Waals surface area contributed by atoms with Crippen LogP contribution in [-0.4, -0.2) is 58.2 Å². The SMILES string of the molecule is O=C(CCN1C(=O)c2ccccc2C1=O)N1C[C@@H]2CCC[C@@]2(C(=O)O)C1. The Bertz CT molecular complexity index is 785. The zero-order chi connectivity index (χ0) is 18.5. The van der Waals surface area contributed by atoms with Crippen LogP contribution >= 0.6 is 0 Å². The number of hydrogen-bond acceptors (Lipinski definition) is 4. The molecule has 1 aliphatic carbocycles. The van der Waals surface area contributed by atoms with E-state index in [-0.39, 0.29) is 43.1 Å². The van der Waals surface area contributed by atoms with Crippen molar-refractivity contribution in [1.29, 1.82) is 0 Å². The molecule has 0 aromatic heterocycles. The summed E-state index contributed by atoms with van der Waals surface area (Å²) in [6, 6.07) is 6.62. The van der Waals surface area contributed by atoms with Crippen LogP contribution in [0.2, 0.25) is 0 Å². The van der Waals surface area contributed by atoms with E-state index in [1.165, 1.54) is 0 Å². The van der Waals surface area contributed by atoms with Crippen LogP contribution < -0.4 is 0 Å². The number of carbonyl (C=O) groups is 4. The van der Waals surface area contributed by atoms with Gasteiger partial charge in [-0.25, -0.2) is 0 Å². The van der Waals surface area contributed by atoms with Crippen LogP contribution in [-0.2, 0) is 9.59 Å². The average Bonchev–Trinajstić information content (AvgIpc) is 3.25. The molecule has 1 N–H and O–H groups in total. The van der Waals surface area contributed by atoms with Crippen molar-refractivity contribution in [3.63, 3.8) is 0 Å². The minimum atomic E-state index is -0.823. The third-order valence-electron chi connectivity index (χ3n) is 6.08. The molecule has 3 amide bonds. The second kappa shape index (κ2) is 5.93. The van der Waals surface area contributed by atoms with Gasteiger partial charge in [0.25, 0.3) is 11.8 Å². The van der Waals surface area contributed by atoms with Crippen molar-refractivity contribution in [2.45, 2.75) is 25.7 Å². The maximum Gasteiger partial charge on any atom is 0.311 e. The van der Waals surface area contributed by atoms with E-state index in [4.69, 9.17) is 0 Å². The van der Waals surface area contributed by atoms with Gasteiger partial charge >= 0.3 is 5.97 Å². The minimum Gasteiger partial charge on any atom is -0.481 e. The topological polar surface area (TPSA) is 95.0 Å². The molecule has 1 aromatic carbocycles. The molecule has 0 radical (unpaired) electrons. The van der Waals surface area contributed by atoms with Crippen molar-refractivity contribution in [2.75, 3.05) is 19.6 Å². The molecular weight excluding hydrogens is 336 g/mol. The molecule has 0 spiro atoms. The summed E-state index contributed by atoms with van der Waals surface area (Å²) >= 11 is 0. The molecule has 3 aliphatic rings. The Balaban J connectivity index is 1.41. The Labute approximate surface area is 150 Å². The fourth-order valence-corrected chi connectivity index (χ4v) is 4.64. The van der Waals surface area contributed by atoms with Gasteiger partial charge in [-0.3, -0.25) is 24.1 Å². The van der Waals surface area contributed by atoms with Gasteiger partial charge in [-0.05, 0) is 30.9 Å². The Morgan fingerprint density at radius 3 is 2.38 bits per heavy atom. The lowest BCUT2D eigenvalue weighted by Gasteiger charge is -2.23. The van der Waals surface area contributed by atoms with Gasteiger partial charge < -0.3 is 10.0 Å². The molecular formula is C19H20N2O5. The maximum atomic E-state index is 12.6. The van der Waals surface area contributed by atoms with Gasteiger partial charge in [-0.15, -0.1) is 0 Å². The maximum absolute atomic E-state index is 12.6. The Morgan fingerprint density at radius 1 is 1.15 bits per heavy atom. The van der Waals surface area contributed by atoms with Crippen molar-refractivity contribution < 1.29 is 24.3 Å². The third-order valence-corrected chi connectivity index (χ3v) is 6.08. The van der Waals surface area contributed by atoms with Crippen LogP contribution in [0.25, 0.3) is 0 Å². The number of carboxylic acids is 1. The molecule has 7 heteroatoms. The van der Waals surface area contributed by atoms with E-state index in [0.29, 0.717) is 24.1 Å². The molecule has 136 valence electrons. The number of fused-ring (bicyclic) bond motifs is 2. The summed E-state index contributed by atoms with van der Waals surface area (Å²) in [6.07, 6.45) is 2.34. The highest BCUT2D eigenvalue weighted by atomic mass is 16.4. The summed E-state index contributed by atoms with van der Waals surface area (Å²) in [4.78, 5) is 51.7. The van der Waals surface area contributed by atoms with Crippen molar-refractivity contribution >= 4 is 23.7 Å². The summed E-state index contributed by atoms with van der Waals surface area (Å²) in [7, 11) is 0. The molecule has 26 heavy (non-hydrogen) atoms. The summed E-state index contributed by atoms with van der Waals surface area (Å²) in [5, 5.41) is 9.61. The fraction of sp³-hybridized carbons (Fsp3) is 0.474. The number of benzene rings is 1. The molecule has 1 aromatic rings. The number of rotatable bonds is 4. The number of carboxylic acid groups (broad SMARTS) is 1. The van der Waals surface area contributed by atoms with Gasteiger partial charge in [0.05, 0.1) is 16.5 Å². The molecule has 4 rings (SSSR count). The first-order chi connectivity index (χ1) is 12.4. The highest BCUT2D eigenvalue weighted by molar-refractivity contribution is 6.21. The lowest BCUT2D eigenvalue weighted by atomic mass is 9.81. The van der Waals surface area contributed by atoms with E-state index < -0.39 is 11.4 Å². The fourth-order valence-electron chi connectivity index (χ4n) is 4.64. The predicted molar refractivity (Wildman–Crippen MR) is 90.4 cm³/mol. The molecule has 2 atom stereocenters. The Morgan fingerprint density at radius 2 is 1.81 bits per heavy atom. The Hall–Kier alpha value is -2.70. The van der Waals surface area contributed by atoms with Gasteiger partial charge in [0.1, 0.15) is 0 Å².